The molecule has 0 spiro atoms. The van der Waals surface area contributed by atoms with Gasteiger partial charge in [0.1, 0.15) is 28.4 Å². The number of ether oxygens (including phenoxy) is 1. The number of rotatable bonds is 8. The van der Waals surface area contributed by atoms with E-state index in [1.807, 2.05) is 22.6 Å². The van der Waals surface area contributed by atoms with Gasteiger partial charge >= 0.3 is 23.8 Å². The van der Waals surface area contributed by atoms with E-state index in [-0.39, 0.29) is 0 Å². The Morgan fingerprint density at radius 1 is 1.24 bits per heavy atom. The molecule has 2 aromatic rings. The van der Waals surface area contributed by atoms with Gasteiger partial charge in [0.25, 0.3) is 0 Å². The van der Waals surface area contributed by atoms with E-state index < -0.39 is 42.8 Å². The van der Waals surface area contributed by atoms with Crippen molar-refractivity contribution in [1.82, 2.24) is 19.5 Å². The SMILES string of the molecule is O=P(O)(O)OP(=O)(O)O[P+](O)(O)OCC1CCC(n2cnc3c(I)ncnc32)O1. The highest BCUT2D eigenvalue weighted by Crippen LogP contribution is 2.69. The van der Waals surface area contributed by atoms with Gasteiger partial charge in [-0.25, -0.2) is 24.1 Å². The lowest BCUT2D eigenvalue weighted by molar-refractivity contribution is -0.0234. The summed E-state index contributed by atoms with van der Waals surface area (Å²) in [6.07, 6.45) is 2.77. The topological polar surface area (TPSA) is 216 Å². The smallest absolute Gasteiger partial charge is 0.352 e. The van der Waals surface area contributed by atoms with Crippen molar-refractivity contribution in [2.45, 2.75) is 25.2 Å². The van der Waals surface area contributed by atoms with Crippen molar-refractivity contribution < 1.29 is 51.5 Å². The van der Waals surface area contributed by atoms with E-state index in [4.69, 9.17) is 23.9 Å². The van der Waals surface area contributed by atoms with Crippen molar-refractivity contribution in [3.63, 3.8) is 0 Å². The van der Waals surface area contributed by atoms with Gasteiger partial charge in [-0.05, 0) is 39.7 Å². The van der Waals surface area contributed by atoms with E-state index in [2.05, 4.69) is 23.6 Å². The molecule has 19 heteroatoms. The minimum Gasteiger partial charge on any atom is -0.352 e. The normalized spacial score (nSPS) is 22.8. The average Bonchev–Trinajstić information content (AvgIpc) is 3.16. The molecule has 0 aromatic carbocycles. The number of fused-ring (bicyclic) bond motifs is 1. The zero-order valence-electron chi connectivity index (χ0n) is 14.1. The molecule has 5 N–H and O–H groups in total. The molecule has 0 amide bonds. The maximum Gasteiger partial charge on any atom is 0.580 e. The van der Waals surface area contributed by atoms with E-state index in [9.17, 15) is 18.9 Å². The molecule has 0 saturated carbocycles. The number of aromatic nitrogens is 4. The molecule has 15 nitrogen and oxygen atoms in total. The van der Waals surface area contributed by atoms with Gasteiger partial charge < -0.3 is 14.5 Å². The second-order valence-corrected chi connectivity index (χ2v) is 11.2. The van der Waals surface area contributed by atoms with Crippen molar-refractivity contribution in [3.8, 4) is 0 Å². The highest BCUT2D eigenvalue weighted by atomic mass is 127. The molecule has 1 aliphatic rings. The molecule has 1 fully saturated rings. The minimum atomic E-state index is -5.49. The maximum absolute atomic E-state index is 11.4. The molecule has 3 heterocycles. The molecule has 0 radical (unpaired) electrons. The van der Waals surface area contributed by atoms with E-state index in [1.54, 1.807) is 4.57 Å². The Bertz CT molecular complexity index is 983. The van der Waals surface area contributed by atoms with Gasteiger partial charge in [-0.1, -0.05) is 0 Å². The standard InChI is InChI=1S/C10H14IN4O11P3/c11-9-8-10(13-4-12-9)15(5-14-8)7-2-1-6(24-7)3-23-28(19,20)26-29(21,22)25-27(16,17)18/h4-7,19-20H,1-3H2,(H2-,16,17,18,21,22)/p+1. The molecular formula is C10H15IN4O11P3+. The van der Waals surface area contributed by atoms with E-state index in [0.29, 0.717) is 27.7 Å². The summed E-state index contributed by atoms with van der Waals surface area (Å²) in [5.74, 6) is 0. The van der Waals surface area contributed by atoms with Gasteiger partial charge in [-0.15, -0.1) is 0 Å². The monoisotopic (exact) mass is 587 g/mol. The van der Waals surface area contributed by atoms with Crippen LogP contribution in [0.2, 0.25) is 0 Å². The maximum atomic E-state index is 11.4. The van der Waals surface area contributed by atoms with Gasteiger partial charge in [-0.3, -0.25) is 9.46 Å². The predicted molar refractivity (Wildman–Crippen MR) is 103 cm³/mol. The van der Waals surface area contributed by atoms with Gasteiger partial charge in [0, 0.05) is 0 Å². The lowest BCUT2D eigenvalue weighted by Gasteiger charge is -2.16. The number of phosphoric acid groups is 2. The third-order valence-electron chi connectivity index (χ3n) is 3.56. The third kappa shape index (κ3) is 6.40. The summed E-state index contributed by atoms with van der Waals surface area (Å²) in [6, 6.07) is 0. The molecule has 3 atom stereocenters. The Labute approximate surface area is 176 Å². The molecule has 1 aliphatic heterocycles. The van der Waals surface area contributed by atoms with Crippen LogP contribution in [0.5, 0.6) is 0 Å². The number of halogens is 1. The number of hydrogen-bond donors (Lipinski definition) is 5. The Balaban J connectivity index is 1.58. The Hall–Kier alpha value is -0.190. The molecule has 2 aromatic heterocycles. The summed E-state index contributed by atoms with van der Waals surface area (Å²) in [5.41, 5.74) is 1.16. The summed E-state index contributed by atoms with van der Waals surface area (Å²) in [6.45, 7) is -0.438. The van der Waals surface area contributed by atoms with Crippen LogP contribution >= 0.6 is 46.4 Å². The van der Waals surface area contributed by atoms with Crippen molar-refractivity contribution >= 4 is 57.6 Å². The second-order valence-electron chi connectivity index (χ2n) is 5.69. The third-order valence-corrected chi connectivity index (χ3v) is 8.18. The second kappa shape index (κ2) is 8.74. The summed E-state index contributed by atoms with van der Waals surface area (Å²) in [5, 5.41) is 0. The fraction of sp³-hybridized carbons (Fsp3) is 0.500. The molecule has 3 unspecified atom stereocenters. The van der Waals surface area contributed by atoms with Crippen LogP contribution in [0.3, 0.4) is 0 Å². The molecule has 162 valence electrons. The van der Waals surface area contributed by atoms with Crippen LogP contribution in [-0.2, 0) is 27.0 Å². The number of hydrogen-bond acceptors (Lipinski definition) is 11. The van der Waals surface area contributed by atoms with E-state index >= 15 is 0 Å². The van der Waals surface area contributed by atoms with Crippen molar-refractivity contribution in [3.05, 3.63) is 16.4 Å². The predicted octanol–water partition coefficient (Wildman–Crippen LogP) is 1.01. The van der Waals surface area contributed by atoms with Crippen molar-refractivity contribution in [2.24, 2.45) is 0 Å². The van der Waals surface area contributed by atoms with Gasteiger partial charge in [0.15, 0.2) is 5.65 Å². The molecular weight excluding hydrogens is 572 g/mol. The Morgan fingerprint density at radius 2 is 1.97 bits per heavy atom. The fourth-order valence-electron chi connectivity index (χ4n) is 2.54. The summed E-state index contributed by atoms with van der Waals surface area (Å²) >= 11 is 2.02. The average molecular weight is 587 g/mol. The highest BCUT2D eigenvalue weighted by Gasteiger charge is 2.52. The summed E-state index contributed by atoms with van der Waals surface area (Å²) in [7, 11) is -15.8. The quantitative estimate of drug-likeness (QED) is 0.166. The molecule has 3 rings (SSSR count). The van der Waals surface area contributed by atoms with E-state index in [1.165, 1.54) is 12.7 Å². The summed E-state index contributed by atoms with van der Waals surface area (Å²) in [4.78, 5) is 57.8. The van der Waals surface area contributed by atoms with Gasteiger partial charge in [0.2, 0.25) is 0 Å². The Morgan fingerprint density at radius 3 is 2.66 bits per heavy atom. The largest absolute Gasteiger partial charge is 0.580 e. The van der Waals surface area contributed by atoms with Crippen LogP contribution in [-0.4, -0.2) is 56.7 Å². The first-order valence-corrected chi connectivity index (χ1v) is 13.3. The van der Waals surface area contributed by atoms with Crippen LogP contribution in [0, 0.1) is 3.70 Å². The Kier molecular flexibility index (Phi) is 7.08. The molecule has 0 bridgehead atoms. The van der Waals surface area contributed by atoms with Crippen LogP contribution in [0.15, 0.2) is 12.7 Å². The van der Waals surface area contributed by atoms with E-state index in [0.717, 1.165) is 0 Å². The molecule has 1 saturated heterocycles. The molecule has 29 heavy (non-hydrogen) atoms. The minimum absolute atomic E-state index is 0.433. The van der Waals surface area contributed by atoms with Crippen LogP contribution in [0.1, 0.15) is 19.1 Å². The van der Waals surface area contributed by atoms with Gasteiger partial charge in [0.05, 0.1) is 12.4 Å². The van der Waals surface area contributed by atoms with Crippen molar-refractivity contribution in [2.75, 3.05) is 6.61 Å². The lowest BCUT2D eigenvalue weighted by Crippen LogP contribution is -2.17. The lowest BCUT2D eigenvalue weighted by atomic mass is 10.2. The fourth-order valence-corrected chi connectivity index (χ4v) is 6.13. The first kappa shape index (κ1) is 23.5. The van der Waals surface area contributed by atoms with Crippen LogP contribution in [0.25, 0.3) is 11.2 Å². The van der Waals surface area contributed by atoms with Crippen molar-refractivity contribution in [1.29, 1.82) is 0 Å². The van der Waals surface area contributed by atoms with Gasteiger partial charge in [-0.2, -0.15) is 18.6 Å². The number of imidazole rings is 1. The zero-order chi connectivity index (χ0) is 21.4. The first-order valence-electron chi connectivity index (χ1n) is 7.64. The highest BCUT2D eigenvalue weighted by molar-refractivity contribution is 14.1. The number of nitrogens with zero attached hydrogens (tertiary/aromatic N) is 4. The van der Waals surface area contributed by atoms with Crippen LogP contribution < -0.4 is 0 Å². The summed E-state index contributed by atoms with van der Waals surface area (Å²) < 4.78 is 42.2. The first-order chi connectivity index (χ1) is 13.4. The zero-order valence-corrected chi connectivity index (χ0v) is 19.0. The molecule has 0 aliphatic carbocycles. The van der Waals surface area contributed by atoms with Crippen LogP contribution in [0.4, 0.5) is 0 Å².